The average Bonchev–Trinajstić information content (AvgIpc) is 3.58. The number of anilines is 1. The third kappa shape index (κ3) is 4.24. The minimum atomic E-state index is -1.44. The smallest absolute Gasteiger partial charge is 0.238 e. The number of nitrogens with one attached hydrogen (secondary N) is 1. The highest BCUT2D eigenvalue weighted by atomic mass is 16.5. The van der Waals surface area contributed by atoms with E-state index >= 15 is 4.79 Å². The molecule has 3 aliphatic rings. The van der Waals surface area contributed by atoms with E-state index in [2.05, 4.69) is 11.9 Å². The second-order valence-corrected chi connectivity index (χ2v) is 11.5. The lowest BCUT2D eigenvalue weighted by atomic mass is 9.62. The number of hydrogen-bond acceptors (Lipinski definition) is 7. The Kier molecular flexibility index (Phi) is 7.20. The van der Waals surface area contributed by atoms with Crippen molar-refractivity contribution in [2.45, 2.75) is 17.5 Å². The number of amides is 1. The van der Waals surface area contributed by atoms with Gasteiger partial charge in [-0.05, 0) is 59.2 Å². The third-order valence-electron chi connectivity index (χ3n) is 9.28. The molecule has 8 nitrogen and oxygen atoms in total. The normalized spacial score (nSPS) is 22.0. The lowest BCUT2D eigenvalue weighted by molar-refractivity contribution is -0.122. The van der Waals surface area contributed by atoms with Gasteiger partial charge in [-0.1, -0.05) is 67.3 Å². The van der Waals surface area contributed by atoms with Gasteiger partial charge in [0.25, 0.3) is 0 Å². The number of ketones is 2. The number of hydrogen-bond donors (Lipinski definition) is 1. The molecular formula is C38H32N2O6. The molecule has 4 aromatic rings. The molecule has 0 radical (unpaired) electrons. The summed E-state index contributed by atoms with van der Waals surface area (Å²) in [6, 6.07) is 25.4. The topological polar surface area (TPSA) is 94.2 Å². The van der Waals surface area contributed by atoms with Crippen molar-refractivity contribution in [2.24, 2.45) is 5.92 Å². The highest BCUT2D eigenvalue weighted by Crippen LogP contribution is 2.62. The third-order valence-corrected chi connectivity index (χ3v) is 9.28. The van der Waals surface area contributed by atoms with Gasteiger partial charge in [0.05, 0.1) is 26.2 Å². The van der Waals surface area contributed by atoms with Crippen LogP contribution in [-0.4, -0.2) is 49.2 Å². The number of ether oxygens (including phenoxy) is 3. The fourth-order valence-corrected chi connectivity index (χ4v) is 7.40. The SMILES string of the molecule is C=CCOc1cccc(C(=O)[C@@H]2[C@H](C(=O)c3ccc(OC)c(OC)c3)N3C=Cc4ccccc4[C@H]3[C@@]23C(=O)Nc2ccccc23)c1. The highest BCUT2D eigenvalue weighted by molar-refractivity contribution is 6.16. The maximum Gasteiger partial charge on any atom is 0.238 e. The first-order valence-electron chi connectivity index (χ1n) is 15.0. The second kappa shape index (κ2) is 11.4. The van der Waals surface area contributed by atoms with Crippen molar-refractivity contribution in [3.63, 3.8) is 0 Å². The number of Topliss-reactive ketones (excluding diaryl/α,β-unsaturated/α-hetero) is 2. The van der Waals surface area contributed by atoms with E-state index in [9.17, 15) is 9.59 Å². The lowest BCUT2D eigenvalue weighted by Gasteiger charge is -2.38. The number of benzene rings is 4. The number of carbonyl (C=O) groups excluding carboxylic acids is 3. The van der Waals surface area contributed by atoms with Gasteiger partial charge < -0.3 is 24.4 Å². The van der Waals surface area contributed by atoms with Gasteiger partial charge in [-0.2, -0.15) is 0 Å². The van der Waals surface area contributed by atoms with Gasteiger partial charge >= 0.3 is 0 Å². The summed E-state index contributed by atoms with van der Waals surface area (Å²) in [4.78, 5) is 46.6. The van der Waals surface area contributed by atoms with Crippen molar-refractivity contribution in [2.75, 3.05) is 26.1 Å². The molecule has 7 rings (SSSR count). The van der Waals surface area contributed by atoms with Crippen LogP contribution in [0.4, 0.5) is 5.69 Å². The summed E-state index contributed by atoms with van der Waals surface area (Å²) < 4.78 is 16.7. The molecule has 3 aliphatic heterocycles. The zero-order valence-corrected chi connectivity index (χ0v) is 25.4. The molecule has 0 unspecified atom stereocenters. The van der Waals surface area contributed by atoms with Gasteiger partial charge in [-0.15, -0.1) is 0 Å². The number of carbonyl (C=O) groups is 3. The van der Waals surface area contributed by atoms with Crippen molar-refractivity contribution in [3.8, 4) is 17.2 Å². The van der Waals surface area contributed by atoms with Gasteiger partial charge in [-0.3, -0.25) is 14.4 Å². The van der Waals surface area contributed by atoms with Crippen molar-refractivity contribution in [3.05, 3.63) is 138 Å². The Hall–Kier alpha value is -5.63. The van der Waals surface area contributed by atoms with E-state index in [0.29, 0.717) is 39.6 Å². The maximum absolute atomic E-state index is 15.1. The first kappa shape index (κ1) is 29.1. The lowest BCUT2D eigenvalue weighted by Crippen LogP contribution is -2.49. The summed E-state index contributed by atoms with van der Waals surface area (Å²) in [6.07, 6.45) is 5.41. The summed E-state index contributed by atoms with van der Waals surface area (Å²) >= 11 is 0. The Morgan fingerprint density at radius 3 is 2.46 bits per heavy atom. The summed E-state index contributed by atoms with van der Waals surface area (Å²) in [6.45, 7) is 3.98. The number of methoxy groups -OCH3 is 2. The molecule has 8 heteroatoms. The van der Waals surface area contributed by atoms with Crippen LogP contribution in [0.5, 0.6) is 17.2 Å². The van der Waals surface area contributed by atoms with E-state index in [-0.39, 0.29) is 24.1 Å². The average molecular weight is 613 g/mol. The number of para-hydroxylation sites is 1. The predicted molar refractivity (Wildman–Crippen MR) is 174 cm³/mol. The second-order valence-electron chi connectivity index (χ2n) is 11.5. The first-order valence-corrected chi connectivity index (χ1v) is 15.0. The van der Waals surface area contributed by atoms with Crippen LogP contribution in [0.2, 0.25) is 0 Å². The van der Waals surface area contributed by atoms with Crippen molar-refractivity contribution in [1.82, 2.24) is 4.90 Å². The molecule has 4 aromatic carbocycles. The van der Waals surface area contributed by atoms with Crippen molar-refractivity contribution < 1.29 is 28.6 Å². The molecule has 1 saturated heterocycles. The molecule has 3 heterocycles. The quantitative estimate of drug-likeness (QED) is 0.176. The Bertz CT molecular complexity index is 1930. The summed E-state index contributed by atoms with van der Waals surface area (Å²) in [5, 5.41) is 3.08. The van der Waals surface area contributed by atoms with Crippen LogP contribution in [0.25, 0.3) is 6.08 Å². The Morgan fingerprint density at radius 1 is 0.891 bits per heavy atom. The van der Waals surface area contributed by atoms with E-state index in [0.717, 1.165) is 11.1 Å². The van der Waals surface area contributed by atoms with Crippen LogP contribution >= 0.6 is 0 Å². The van der Waals surface area contributed by atoms with Crippen molar-refractivity contribution >= 4 is 29.2 Å². The minimum Gasteiger partial charge on any atom is -0.493 e. The molecule has 0 saturated carbocycles. The molecule has 1 fully saturated rings. The molecule has 1 N–H and O–H groups in total. The number of rotatable bonds is 9. The summed E-state index contributed by atoms with van der Waals surface area (Å²) in [5.41, 5.74) is 2.32. The van der Waals surface area contributed by atoms with Crippen LogP contribution in [-0.2, 0) is 10.2 Å². The Labute approximate surface area is 266 Å². The molecule has 230 valence electrons. The fourth-order valence-electron chi connectivity index (χ4n) is 7.40. The van der Waals surface area contributed by atoms with Crippen LogP contribution in [0.15, 0.2) is 110 Å². The molecule has 46 heavy (non-hydrogen) atoms. The van der Waals surface area contributed by atoms with E-state index in [1.54, 1.807) is 48.5 Å². The Balaban J connectivity index is 1.49. The summed E-state index contributed by atoms with van der Waals surface area (Å²) in [7, 11) is 3.03. The molecule has 1 amide bonds. The Morgan fingerprint density at radius 2 is 1.65 bits per heavy atom. The van der Waals surface area contributed by atoms with Crippen LogP contribution in [0.1, 0.15) is 43.4 Å². The molecular weight excluding hydrogens is 580 g/mol. The van der Waals surface area contributed by atoms with Gasteiger partial charge in [-0.25, -0.2) is 0 Å². The number of fused-ring (bicyclic) bond motifs is 6. The van der Waals surface area contributed by atoms with E-state index < -0.39 is 23.4 Å². The van der Waals surface area contributed by atoms with Crippen LogP contribution in [0.3, 0.4) is 0 Å². The van der Waals surface area contributed by atoms with E-state index in [1.807, 2.05) is 65.7 Å². The van der Waals surface area contributed by atoms with Gasteiger partial charge in [0.2, 0.25) is 5.91 Å². The van der Waals surface area contributed by atoms with Crippen LogP contribution in [0, 0.1) is 5.92 Å². The fraction of sp³-hybridized carbons (Fsp3) is 0.184. The predicted octanol–water partition coefficient (Wildman–Crippen LogP) is 6.25. The molecule has 0 aliphatic carbocycles. The first-order chi connectivity index (χ1) is 22.4. The molecule has 1 spiro atoms. The summed E-state index contributed by atoms with van der Waals surface area (Å²) in [5.74, 6) is -0.756. The van der Waals surface area contributed by atoms with Gasteiger partial charge in [0, 0.05) is 23.0 Å². The highest BCUT2D eigenvalue weighted by Gasteiger charge is 2.70. The number of nitrogens with zero attached hydrogens (tertiary/aromatic N) is 1. The van der Waals surface area contributed by atoms with Gasteiger partial charge in [0.15, 0.2) is 23.1 Å². The minimum absolute atomic E-state index is 0.263. The van der Waals surface area contributed by atoms with E-state index in [4.69, 9.17) is 14.2 Å². The standard InChI is InChI=1S/C38H32N2O6/c1-4-20-46-26-12-9-11-24(21-26)34(41)32-33(35(42)25-16-17-30(44-2)31(22-25)45-3)40-19-18-23-10-5-6-13-27(23)36(40)38(32)28-14-7-8-15-29(28)39-37(38)43/h4-19,21-22,32-33,36H,1,20H2,2-3H3,(H,39,43)/t32-,33+,36-,38-/m0/s1. The van der Waals surface area contributed by atoms with E-state index in [1.165, 1.54) is 14.2 Å². The largest absolute Gasteiger partial charge is 0.493 e. The maximum atomic E-state index is 15.1. The van der Waals surface area contributed by atoms with Crippen LogP contribution < -0.4 is 19.5 Å². The molecule has 0 bridgehead atoms. The monoisotopic (exact) mass is 612 g/mol. The molecule has 0 aromatic heterocycles. The van der Waals surface area contributed by atoms with Crippen molar-refractivity contribution in [1.29, 1.82) is 0 Å². The zero-order chi connectivity index (χ0) is 32.0. The van der Waals surface area contributed by atoms with Gasteiger partial charge in [0.1, 0.15) is 23.8 Å². The zero-order valence-electron chi connectivity index (χ0n) is 25.4. The molecule has 4 atom stereocenters.